The first kappa shape index (κ1) is 10.2. The zero-order valence-corrected chi connectivity index (χ0v) is 9.06. The number of hydrogen-bond acceptors (Lipinski definition) is 3. The fourth-order valence-electron chi connectivity index (χ4n) is 2.02. The van der Waals surface area contributed by atoms with Gasteiger partial charge in [0.05, 0.1) is 7.11 Å². The molecule has 2 N–H and O–H groups in total. The highest BCUT2D eigenvalue weighted by molar-refractivity contribution is 5.88. The van der Waals surface area contributed by atoms with Crippen LogP contribution in [0.5, 0.6) is 0 Å². The molecule has 2 rings (SSSR count). The van der Waals surface area contributed by atoms with E-state index >= 15 is 0 Å². The zero-order valence-electron chi connectivity index (χ0n) is 9.06. The van der Waals surface area contributed by atoms with Gasteiger partial charge in [-0.15, -0.1) is 0 Å². The first-order chi connectivity index (χ1) is 7.17. The molecule has 0 amide bonds. The summed E-state index contributed by atoms with van der Waals surface area (Å²) in [5.41, 5.74) is 7.40. The summed E-state index contributed by atoms with van der Waals surface area (Å²) in [5, 5.41) is 0. The Morgan fingerprint density at radius 1 is 1.73 bits per heavy atom. The van der Waals surface area contributed by atoms with Crippen molar-refractivity contribution in [3.8, 4) is 0 Å². The SMILES string of the molecule is COC(=O)c1cc(C2CC2CN)cn1C. The predicted molar refractivity (Wildman–Crippen MR) is 56.7 cm³/mol. The number of hydrogen-bond donors (Lipinski definition) is 1. The first-order valence-corrected chi connectivity index (χ1v) is 5.12. The van der Waals surface area contributed by atoms with E-state index in [9.17, 15) is 4.79 Å². The van der Waals surface area contributed by atoms with Gasteiger partial charge in [0, 0.05) is 13.2 Å². The van der Waals surface area contributed by atoms with E-state index in [1.807, 2.05) is 23.9 Å². The number of aryl methyl sites for hydroxylation is 1. The number of nitrogens with two attached hydrogens (primary N) is 1. The molecule has 1 aromatic rings. The van der Waals surface area contributed by atoms with Gasteiger partial charge in [-0.2, -0.15) is 0 Å². The highest BCUT2D eigenvalue weighted by Gasteiger charge is 2.38. The minimum Gasteiger partial charge on any atom is -0.464 e. The molecule has 15 heavy (non-hydrogen) atoms. The van der Waals surface area contributed by atoms with Crippen LogP contribution < -0.4 is 5.73 Å². The Morgan fingerprint density at radius 3 is 3.00 bits per heavy atom. The smallest absolute Gasteiger partial charge is 0.354 e. The molecule has 1 aliphatic rings. The van der Waals surface area contributed by atoms with Gasteiger partial charge >= 0.3 is 5.97 Å². The van der Waals surface area contributed by atoms with Crippen LogP contribution >= 0.6 is 0 Å². The van der Waals surface area contributed by atoms with E-state index < -0.39 is 0 Å². The summed E-state index contributed by atoms with van der Waals surface area (Å²) in [7, 11) is 3.25. The van der Waals surface area contributed by atoms with Crippen molar-refractivity contribution in [3.63, 3.8) is 0 Å². The second-order valence-corrected chi connectivity index (χ2v) is 4.10. The Hall–Kier alpha value is -1.29. The lowest BCUT2D eigenvalue weighted by Crippen LogP contribution is -2.06. The summed E-state index contributed by atoms with van der Waals surface area (Å²) in [6.45, 7) is 0.729. The van der Waals surface area contributed by atoms with Gasteiger partial charge in [-0.3, -0.25) is 0 Å². The van der Waals surface area contributed by atoms with E-state index in [2.05, 4.69) is 0 Å². The van der Waals surface area contributed by atoms with Crippen molar-refractivity contribution in [3.05, 3.63) is 23.5 Å². The molecule has 2 unspecified atom stereocenters. The predicted octanol–water partition coefficient (Wildman–Crippen LogP) is 0.874. The maximum Gasteiger partial charge on any atom is 0.354 e. The van der Waals surface area contributed by atoms with Crippen LogP contribution in [0.2, 0.25) is 0 Å². The van der Waals surface area contributed by atoms with E-state index in [-0.39, 0.29) is 5.97 Å². The Kier molecular flexibility index (Phi) is 2.52. The van der Waals surface area contributed by atoms with Crippen molar-refractivity contribution >= 4 is 5.97 Å². The molecule has 1 heterocycles. The van der Waals surface area contributed by atoms with Crippen molar-refractivity contribution in [2.45, 2.75) is 12.3 Å². The number of rotatable bonds is 3. The van der Waals surface area contributed by atoms with Crippen LogP contribution in [0.4, 0.5) is 0 Å². The fourth-order valence-corrected chi connectivity index (χ4v) is 2.02. The summed E-state index contributed by atoms with van der Waals surface area (Å²) >= 11 is 0. The standard InChI is InChI=1S/C11H16N2O2/c1-13-6-8(9-3-7(9)5-12)4-10(13)11(14)15-2/h4,6-7,9H,3,5,12H2,1-2H3. The number of carbonyl (C=O) groups excluding carboxylic acids is 1. The Balaban J connectivity index is 2.19. The molecule has 2 atom stereocenters. The van der Waals surface area contributed by atoms with Crippen molar-refractivity contribution in [2.24, 2.45) is 18.7 Å². The molecule has 1 saturated carbocycles. The van der Waals surface area contributed by atoms with E-state index in [1.54, 1.807) is 0 Å². The monoisotopic (exact) mass is 208 g/mol. The summed E-state index contributed by atoms with van der Waals surface area (Å²) in [6.07, 6.45) is 3.13. The van der Waals surface area contributed by atoms with Gasteiger partial charge in [0.25, 0.3) is 0 Å². The van der Waals surface area contributed by atoms with Crippen LogP contribution in [0.3, 0.4) is 0 Å². The second-order valence-electron chi connectivity index (χ2n) is 4.10. The molecular weight excluding hydrogens is 192 g/mol. The molecule has 4 heteroatoms. The number of nitrogens with zero attached hydrogens (tertiary/aromatic N) is 1. The number of ether oxygens (including phenoxy) is 1. The van der Waals surface area contributed by atoms with Crippen LogP contribution in [0.1, 0.15) is 28.4 Å². The van der Waals surface area contributed by atoms with E-state index in [0.29, 0.717) is 17.5 Å². The van der Waals surface area contributed by atoms with Crippen LogP contribution in [0, 0.1) is 5.92 Å². The van der Waals surface area contributed by atoms with E-state index in [1.165, 1.54) is 12.7 Å². The van der Waals surface area contributed by atoms with Crippen molar-refractivity contribution in [1.82, 2.24) is 4.57 Å². The number of aromatic nitrogens is 1. The summed E-state index contributed by atoms with van der Waals surface area (Å²) in [4.78, 5) is 11.4. The molecular formula is C11H16N2O2. The Morgan fingerprint density at radius 2 is 2.47 bits per heavy atom. The average Bonchev–Trinajstić information content (AvgIpc) is 2.94. The highest BCUT2D eigenvalue weighted by Crippen LogP contribution is 2.46. The summed E-state index contributed by atoms with van der Waals surface area (Å²) in [6, 6.07) is 1.91. The number of methoxy groups -OCH3 is 1. The second kappa shape index (κ2) is 3.70. The third kappa shape index (κ3) is 1.77. The van der Waals surface area contributed by atoms with Gasteiger partial charge in [-0.05, 0) is 36.4 Å². The lowest BCUT2D eigenvalue weighted by Gasteiger charge is -1.98. The molecule has 0 aromatic carbocycles. The van der Waals surface area contributed by atoms with Crippen LogP contribution in [0.15, 0.2) is 12.3 Å². The highest BCUT2D eigenvalue weighted by atomic mass is 16.5. The third-order valence-electron chi connectivity index (χ3n) is 3.07. The van der Waals surface area contributed by atoms with Gasteiger partial charge in [-0.1, -0.05) is 0 Å². The van der Waals surface area contributed by atoms with Gasteiger partial charge in [-0.25, -0.2) is 4.79 Å². The number of esters is 1. The minimum absolute atomic E-state index is 0.284. The first-order valence-electron chi connectivity index (χ1n) is 5.12. The lowest BCUT2D eigenvalue weighted by molar-refractivity contribution is 0.0590. The average molecular weight is 208 g/mol. The molecule has 0 aliphatic heterocycles. The maximum absolute atomic E-state index is 11.4. The third-order valence-corrected chi connectivity index (χ3v) is 3.07. The van der Waals surface area contributed by atoms with Gasteiger partial charge in [0.1, 0.15) is 5.69 Å². The minimum atomic E-state index is -0.284. The molecule has 0 radical (unpaired) electrons. The molecule has 0 bridgehead atoms. The molecule has 0 saturated heterocycles. The summed E-state index contributed by atoms with van der Waals surface area (Å²) < 4.78 is 6.51. The lowest BCUT2D eigenvalue weighted by atomic mass is 10.2. The van der Waals surface area contributed by atoms with Crippen LogP contribution in [0.25, 0.3) is 0 Å². The van der Waals surface area contributed by atoms with Crippen molar-refractivity contribution in [1.29, 1.82) is 0 Å². The number of carbonyl (C=O) groups is 1. The van der Waals surface area contributed by atoms with Crippen molar-refractivity contribution < 1.29 is 9.53 Å². The van der Waals surface area contributed by atoms with Crippen molar-refractivity contribution in [2.75, 3.05) is 13.7 Å². The molecule has 4 nitrogen and oxygen atoms in total. The van der Waals surface area contributed by atoms with Crippen LogP contribution in [-0.4, -0.2) is 24.2 Å². The molecule has 0 spiro atoms. The molecule has 82 valence electrons. The van der Waals surface area contributed by atoms with Gasteiger partial charge in [0.15, 0.2) is 0 Å². The Bertz CT molecular complexity index is 384. The van der Waals surface area contributed by atoms with Gasteiger partial charge < -0.3 is 15.0 Å². The Labute approximate surface area is 89.0 Å². The van der Waals surface area contributed by atoms with E-state index in [4.69, 9.17) is 10.5 Å². The summed E-state index contributed by atoms with van der Waals surface area (Å²) in [5.74, 6) is 0.853. The van der Waals surface area contributed by atoms with Crippen LogP contribution in [-0.2, 0) is 11.8 Å². The van der Waals surface area contributed by atoms with Gasteiger partial charge in [0.2, 0.25) is 0 Å². The molecule has 1 aliphatic carbocycles. The molecule has 1 fully saturated rings. The topological polar surface area (TPSA) is 57.2 Å². The largest absolute Gasteiger partial charge is 0.464 e. The fraction of sp³-hybridized carbons (Fsp3) is 0.545. The van der Waals surface area contributed by atoms with E-state index in [0.717, 1.165) is 13.0 Å². The maximum atomic E-state index is 11.4. The quantitative estimate of drug-likeness (QED) is 0.750. The molecule has 1 aromatic heterocycles. The zero-order chi connectivity index (χ0) is 11.0. The normalized spacial score (nSPS) is 23.9.